The largest absolute Gasteiger partial charge is 0.336 e. The van der Waals surface area contributed by atoms with Crippen LogP contribution in [0.15, 0.2) is 15.7 Å². The third-order valence-electron chi connectivity index (χ3n) is 3.30. The Labute approximate surface area is 123 Å². The monoisotopic (exact) mass is 316 g/mol. The van der Waals surface area contributed by atoms with Gasteiger partial charge < -0.3 is 4.90 Å². The van der Waals surface area contributed by atoms with Crippen molar-refractivity contribution in [2.45, 2.75) is 43.4 Å². The number of carbonyl (C=O) groups is 1. The van der Waals surface area contributed by atoms with Crippen LogP contribution in [0.2, 0.25) is 0 Å². The molecule has 1 aromatic heterocycles. The van der Waals surface area contributed by atoms with Gasteiger partial charge in [-0.2, -0.15) is 0 Å². The number of hydrogen-bond acceptors (Lipinski definition) is 4. The van der Waals surface area contributed by atoms with Crippen LogP contribution < -0.4 is 5.14 Å². The minimum absolute atomic E-state index is 0.0421. The SMILES string of the molecule is CC(C)CCN(C(=O)c1csc(S(N)(=O)=O)c1)C1CC1. The van der Waals surface area contributed by atoms with Gasteiger partial charge >= 0.3 is 0 Å². The summed E-state index contributed by atoms with van der Waals surface area (Å²) in [7, 11) is -3.72. The van der Waals surface area contributed by atoms with Crippen molar-refractivity contribution in [1.29, 1.82) is 0 Å². The predicted octanol–water partition coefficient (Wildman–Crippen LogP) is 2.05. The third-order valence-corrected chi connectivity index (χ3v) is 5.68. The summed E-state index contributed by atoms with van der Waals surface area (Å²) in [5.74, 6) is 0.450. The van der Waals surface area contributed by atoms with Crippen LogP contribution in [-0.4, -0.2) is 31.8 Å². The van der Waals surface area contributed by atoms with Crippen molar-refractivity contribution < 1.29 is 13.2 Å². The molecule has 2 rings (SSSR count). The quantitative estimate of drug-likeness (QED) is 0.872. The van der Waals surface area contributed by atoms with Gasteiger partial charge in [-0.1, -0.05) is 13.8 Å². The lowest BCUT2D eigenvalue weighted by Gasteiger charge is -2.22. The number of rotatable bonds is 6. The molecule has 0 saturated heterocycles. The minimum atomic E-state index is -3.72. The van der Waals surface area contributed by atoms with E-state index in [1.807, 2.05) is 4.90 Å². The summed E-state index contributed by atoms with van der Waals surface area (Å²) in [4.78, 5) is 14.3. The molecule has 0 radical (unpaired) electrons. The fraction of sp³-hybridized carbons (Fsp3) is 0.615. The summed E-state index contributed by atoms with van der Waals surface area (Å²) in [5, 5.41) is 6.65. The highest BCUT2D eigenvalue weighted by Gasteiger charge is 2.33. The van der Waals surface area contributed by atoms with Crippen LogP contribution in [0.5, 0.6) is 0 Å². The van der Waals surface area contributed by atoms with Crippen LogP contribution in [0.4, 0.5) is 0 Å². The number of nitrogens with zero attached hydrogens (tertiary/aromatic N) is 1. The standard InChI is InChI=1S/C13H20N2O3S2/c1-9(2)5-6-15(11-3-4-11)13(16)10-7-12(19-8-10)20(14,17)18/h7-9,11H,3-6H2,1-2H3,(H2,14,17,18). The summed E-state index contributed by atoms with van der Waals surface area (Å²) in [5.41, 5.74) is 0.426. The van der Waals surface area contributed by atoms with Crippen LogP contribution in [0.3, 0.4) is 0 Å². The molecule has 1 saturated carbocycles. The zero-order valence-corrected chi connectivity index (χ0v) is 13.3. The molecule has 0 aromatic carbocycles. The second-order valence-electron chi connectivity index (χ2n) is 5.61. The van der Waals surface area contributed by atoms with Crippen molar-refractivity contribution >= 4 is 27.3 Å². The predicted molar refractivity (Wildman–Crippen MR) is 79.2 cm³/mol. The molecule has 1 fully saturated rings. The summed E-state index contributed by atoms with van der Waals surface area (Å²) in [6, 6.07) is 1.70. The molecular weight excluding hydrogens is 296 g/mol. The highest BCUT2D eigenvalue weighted by molar-refractivity contribution is 7.91. The van der Waals surface area contributed by atoms with E-state index >= 15 is 0 Å². The van der Waals surface area contributed by atoms with Crippen molar-refractivity contribution in [2.24, 2.45) is 11.1 Å². The smallest absolute Gasteiger partial charge is 0.254 e. The Bertz CT molecular complexity index is 589. The Hall–Kier alpha value is -0.920. The van der Waals surface area contributed by atoms with E-state index < -0.39 is 10.0 Å². The maximum Gasteiger partial charge on any atom is 0.254 e. The minimum Gasteiger partial charge on any atom is -0.336 e. The zero-order valence-electron chi connectivity index (χ0n) is 11.7. The molecule has 0 unspecified atom stereocenters. The normalized spacial score (nSPS) is 15.6. The highest BCUT2D eigenvalue weighted by atomic mass is 32.2. The molecule has 5 nitrogen and oxygen atoms in total. The fourth-order valence-corrected chi connectivity index (χ4v) is 3.56. The lowest BCUT2D eigenvalue weighted by molar-refractivity contribution is 0.0736. The molecule has 0 spiro atoms. The first-order chi connectivity index (χ1) is 9.29. The van der Waals surface area contributed by atoms with Crippen LogP contribution in [0, 0.1) is 5.92 Å². The third kappa shape index (κ3) is 3.80. The number of carbonyl (C=O) groups excluding carboxylic acids is 1. The van der Waals surface area contributed by atoms with E-state index in [-0.39, 0.29) is 10.1 Å². The van der Waals surface area contributed by atoms with Gasteiger partial charge in [0.15, 0.2) is 0 Å². The number of amides is 1. The van der Waals surface area contributed by atoms with E-state index in [1.165, 1.54) is 6.07 Å². The van der Waals surface area contributed by atoms with Gasteiger partial charge in [0.2, 0.25) is 10.0 Å². The molecular formula is C13H20N2O3S2. The first kappa shape index (κ1) is 15.5. The summed E-state index contributed by atoms with van der Waals surface area (Å²) >= 11 is 0.998. The summed E-state index contributed by atoms with van der Waals surface area (Å²) < 4.78 is 22.6. The van der Waals surface area contributed by atoms with Crippen molar-refractivity contribution in [3.05, 3.63) is 17.0 Å². The molecule has 1 aliphatic rings. The Morgan fingerprint density at radius 3 is 2.60 bits per heavy atom. The Kier molecular flexibility index (Phi) is 4.51. The number of thiophene rings is 1. The first-order valence-corrected chi connectivity index (χ1v) is 9.14. The van der Waals surface area contributed by atoms with E-state index in [2.05, 4.69) is 13.8 Å². The van der Waals surface area contributed by atoms with Crippen molar-refractivity contribution in [2.75, 3.05) is 6.54 Å². The number of nitrogens with two attached hydrogens (primary N) is 1. The summed E-state index contributed by atoms with van der Waals surface area (Å²) in [6.07, 6.45) is 3.03. The second-order valence-corrected chi connectivity index (χ2v) is 8.31. The van der Waals surface area contributed by atoms with Gasteiger partial charge in [-0.3, -0.25) is 4.79 Å². The average molecular weight is 316 g/mol. The van der Waals surface area contributed by atoms with Crippen molar-refractivity contribution in [1.82, 2.24) is 4.90 Å². The first-order valence-electron chi connectivity index (χ1n) is 6.71. The summed E-state index contributed by atoms with van der Waals surface area (Å²) in [6.45, 7) is 4.97. The average Bonchev–Trinajstić information content (AvgIpc) is 3.03. The molecule has 1 amide bonds. The van der Waals surface area contributed by atoms with Crippen molar-refractivity contribution in [3.8, 4) is 0 Å². The maximum absolute atomic E-state index is 12.5. The van der Waals surface area contributed by atoms with E-state index in [1.54, 1.807) is 5.38 Å². The van der Waals surface area contributed by atoms with Crippen LogP contribution in [0.25, 0.3) is 0 Å². The Morgan fingerprint density at radius 1 is 1.50 bits per heavy atom. The molecule has 0 bridgehead atoms. The lowest BCUT2D eigenvalue weighted by Crippen LogP contribution is -2.34. The second kappa shape index (κ2) is 5.83. The van der Waals surface area contributed by atoms with Gasteiger partial charge in [-0.25, -0.2) is 13.6 Å². The van der Waals surface area contributed by atoms with E-state index in [9.17, 15) is 13.2 Å². The van der Waals surface area contributed by atoms with E-state index in [0.717, 1.165) is 37.1 Å². The topological polar surface area (TPSA) is 80.5 Å². The Morgan fingerprint density at radius 2 is 2.15 bits per heavy atom. The molecule has 7 heteroatoms. The Balaban J connectivity index is 2.13. The molecule has 1 aromatic rings. The fourth-order valence-electron chi connectivity index (χ4n) is 1.98. The van der Waals surface area contributed by atoms with E-state index in [0.29, 0.717) is 17.5 Å². The molecule has 2 N–H and O–H groups in total. The molecule has 20 heavy (non-hydrogen) atoms. The van der Waals surface area contributed by atoms with Crippen LogP contribution >= 0.6 is 11.3 Å². The molecule has 0 atom stereocenters. The number of primary sulfonamides is 1. The van der Waals surface area contributed by atoms with Gasteiger partial charge in [0.05, 0.1) is 5.56 Å². The van der Waals surface area contributed by atoms with Gasteiger partial charge in [0.25, 0.3) is 5.91 Å². The molecule has 1 heterocycles. The molecule has 0 aliphatic heterocycles. The van der Waals surface area contributed by atoms with Gasteiger partial charge in [-0.05, 0) is 31.2 Å². The number of hydrogen-bond donors (Lipinski definition) is 1. The molecule has 1 aliphatic carbocycles. The van der Waals surface area contributed by atoms with Crippen LogP contribution in [-0.2, 0) is 10.0 Å². The van der Waals surface area contributed by atoms with Crippen molar-refractivity contribution in [3.63, 3.8) is 0 Å². The molecule has 112 valence electrons. The highest BCUT2D eigenvalue weighted by Crippen LogP contribution is 2.30. The van der Waals surface area contributed by atoms with Crippen LogP contribution in [0.1, 0.15) is 43.5 Å². The van der Waals surface area contributed by atoms with E-state index in [4.69, 9.17) is 5.14 Å². The lowest BCUT2D eigenvalue weighted by atomic mass is 10.1. The maximum atomic E-state index is 12.5. The zero-order chi connectivity index (χ0) is 14.9. The van der Waals surface area contributed by atoms with Gasteiger partial charge in [0, 0.05) is 18.0 Å². The number of sulfonamides is 1. The van der Waals surface area contributed by atoms with Gasteiger partial charge in [0.1, 0.15) is 4.21 Å². The van der Waals surface area contributed by atoms with Gasteiger partial charge in [-0.15, -0.1) is 11.3 Å².